The number of nitrogens with one attached hydrogen (secondary N) is 1. The molecule has 0 saturated carbocycles. The molecule has 0 heterocycles. The molecule has 3 N–H and O–H groups in total. The molecule has 18 heavy (non-hydrogen) atoms. The standard InChI is InChI=1S/C13H20N2O3/c14-6-7-17-8-9-18-11-13(16)15-10-12-4-2-1-3-5-12/h1-5H,6-11,14H2,(H,15,16). The number of rotatable bonds is 9. The lowest BCUT2D eigenvalue weighted by Crippen LogP contribution is -2.27. The maximum atomic E-state index is 11.4. The number of nitrogens with two attached hydrogens (primary N) is 1. The molecule has 0 radical (unpaired) electrons. The van der Waals surface area contributed by atoms with Gasteiger partial charge in [0, 0.05) is 13.1 Å². The van der Waals surface area contributed by atoms with Crippen LogP contribution >= 0.6 is 0 Å². The first kappa shape index (κ1) is 14.6. The van der Waals surface area contributed by atoms with Crippen molar-refractivity contribution in [3.8, 4) is 0 Å². The number of carbonyl (C=O) groups excluding carboxylic acids is 1. The topological polar surface area (TPSA) is 73.6 Å². The van der Waals surface area contributed by atoms with Crippen LogP contribution in [0.2, 0.25) is 0 Å². The van der Waals surface area contributed by atoms with Gasteiger partial charge >= 0.3 is 0 Å². The Balaban J connectivity index is 2.01. The van der Waals surface area contributed by atoms with Crippen molar-refractivity contribution in [3.63, 3.8) is 0 Å². The largest absolute Gasteiger partial charge is 0.378 e. The van der Waals surface area contributed by atoms with Crippen LogP contribution in [0.4, 0.5) is 0 Å². The summed E-state index contributed by atoms with van der Waals surface area (Å²) in [5, 5.41) is 2.78. The second-order valence-corrected chi connectivity index (χ2v) is 3.72. The molecule has 0 aromatic heterocycles. The number of benzene rings is 1. The summed E-state index contributed by atoms with van der Waals surface area (Å²) in [6, 6.07) is 9.74. The normalized spacial score (nSPS) is 10.3. The van der Waals surface area contributed by atoms with Gasteiger partial charge in [-0.05, 0) is 5.56 Å². The molecular formula is C13H20N2O3. The Labute approximate surface area is 107 Å². The van der Waals surface area contributed by atoms with Crippen molar-refractivity contribution in [1.82, 2.24) is 5.32 Å². The number of carbonyl (C=O) groups is 1. The maximum absolute atomic E-state index is 11.4. The summed E-state index contributed by atoms with van der Waals surface area (Å²) in [6.07, 6.45) is 0. The van der Waals surface area contributed by atoms with E-state index < -0.39 is 0 Å². The Morgan fingerprint density at radius 3 is 2.56 bits per heavy atom. The average molecular weight is 252 g/mol. The van der Waals surface area contributed by atoms with Crippen molar-refractivity contribution in [2.75, 3.05) is 33.0 Å². The minimum absolute atomic E-state index is 0.0544. The number of hydrogen-bond donors (Lipinski definition) is 2. The zero-order valence-corrected chi connectivity index (χ0v) is 10.4. The van der Waals surface area contributed by atoms with E-state index in [4.69, 9.17) is 15.2 Å². The highest BCUT2D eigenvalue weighted by Crippen LogP contribution is 1.96. The fraction of sp³-hybridized carbons (Fsp3) is 0.462. The minimum Gasteiger partial charge on any atom is -0.378 e. The molecular weight excluding hydrogens is 232 g/mol. The van der Waals surface area contributed by atoms with E-state index in [1.165, 1.54) is 0 Å². The highest BCUT2D eigenvalue weighted by molar-refractivity contribution is 5.77. The lowest BCUT2D eigenvalue weighted by atomic mass is 10.2. The zero-order valence-electron chi connectivity index (χ0n) is 10.4. The van der Waals surface area contributed by atoms with Crippen molar-refractivity contribution in [1.29, 1.82) is 0 Å². The Morgan fingerprint density at radius 2 is 1.83 bits per heavy atom. The number of hydrogen-bond acceptors (Lipinski definition) is 4. The predicted molar refractivity (Wildman–Crippen MR) is 69.0 cm³/mol. The lowest BCUT2D eigenvalue weighted by Gasteiger charge is -2.06. The van der Waals surface area contributed by atoms with Crippen LogP contribution in [0.15, 0.2) is 30.3 Å². The van der Waals surface area contributed by atoms with E-state index in [9.17, 15) is 4.79 Å². The molecule has 0 saturated heterocycles. The molecule has 0 aliphatic heterocycles. The van der Waals surface area contributed by atoms with Crippen LogP contribution in [0.5, 0.6) is 0 Å². The Kier molecular flexibility index (Phi) is 7.79. The third-order valence-electron chi connectivity index (χ3n) is 2.20. The van der Waals surface area contributed by atoms with Gasteiger partial charge in [-0.3, -0.25) is 4.79 Å². The molecule has 100 valence electrons. The van der Waals surface area contributed by atoms with Crippen molar-refractivity contribution in [2.45, 2.75) is 6.54 Å². The van der Waals surface area contributed by atoms with Gasteiger partial charge in [0.25, 0.3) is 0 Å². The fourth-order valence-corrected chi connectivity index (χ4v) is 1.32. The van der Waals surface area contributed by atoms with Crippen molar-refractivity contribution in [2.24, 2.45) is 5.73 Å². The van der Waals surface area contributed by atoms with Gasteiger partial charge in [0.2, 0.25) is 5.91 Å². The van der Waals surface area contributed by atoms with E-state index in [2.05, 4.69) is 5.32 Å². The summed E-state index contributed by atoms with van der Waals surface area (Å²) in [6.45, 7) is 2.45. The van der Waals surface area contributed by atoms with Crippen LogP contribution in [0.25, 0.3) is 0 Å². The second-order valence-electron chi connectivity index (χ2n) is 3.72. The van der Waals surface area contributed by atoms with E-state index >= 15 is 0 Å². The second kappa shape index (κ2) is 9.58. The highest BCUT2D eigenvalue weighted by Gasteiger charge is 2.00. The first-order chi connectivity index (χ1) is 8.83. The average Bonchev–Trinajstić information content (AvgIpc) is 2.41. The van der Waals surface area contributed by atoms with E-state index in [-0.39, 0.29) is 12.5 Å². The Bertz CT molecular complexity index is 330. The molecule has 1 amide bonds. The van der Waals surface area contributed by atoms with Crippen LogP contribution in [-0.4, -0.2) is 38.9 Å². The molecule has 0 spiro atoms. The molecule has 1 aromatic rings. The molecule has 0 aliphatic rings. The van der Waals surface area contributed by atoms with Gasteiger partial charge in [0.1, 0.15) is 6.61 Å². The molecule has 0 aliphatic carbocycles. The predicted octanol–water partition coefficient (Wildman–Crippen LogP) is 0.295. The number of ether oxygens (including phenoxy) is 2. The van der Waals surface area contributed by atoms with Gasteiger partial charge in [0.05, 0.1) is 19.8 Å². The number of amides is 1. The Morgan fingerprint density at radius 1 is 1.11 bits per heavy atom. The van der Waals surface area contributed by atoms with Gasteiger partial charge in [-0.1, -0.05) is 30.3 Å². The summed E-state index contributed by atoms with van der Waals surface area (Å²) >= 11 is 0. The van der Waals surface area contributed by atoms with E-state index in [0.29, 0.717) is 32.9 Å². The first-order valence-corrected chi connectivity index (χ1v) is 5.99. The summed E-state index contributed by atoms with van der Waals surface area (Å²) in [5.74, 6) is -0.127. The van der Waals surface area contributed by atoms with Gasteiger partial charge in [0.15, 0.2) is 0 Å². The molecule has 0 atom stereocenters. The van der Waals surface area contributed by atoms with Crippen LogP contribution < -0.4 is 11.1 Å². The quantitative estimate of drug-likeness (QED) is 0.620. The van der Waals surface area contributed by atoms with Crippen molar-refractivity contribution >= 4 is 5.91 Å². The minimum atomic E-state index is -0.127. The highest BCUT2D eigenvalue weighted by atomic mass is 16.5. The van der Waals surface area contributed by atoms with Crippen LogP contribution in [-0.2, 0) is 20.8 Å². The van der Waals surface area contributed by atoms with Gasteiger partial charge in [-0.15, -0.1) is 0 Å². The van der Waals surface area contributed by atoms with E-state index in [1.807, 2.05) is 30.3 Å². The summed E-state index contributed by atoms with van der Waals surface area (Å²) in [4.78, 5) is 11.4. The molecule has 0 bridgehead atoms. The van der Waals surface area contributed by atoms with Gasteiger partial charge in [-0.2, -0.15) is 0 Å². The van der Waals surface area contributed by atoms with Gasteiger partial charge in [-0.25, -0.2) is 0 Å². The van der Waals surface area contributed by atoms with Gasteiger partial charge < -0.3 is 20.5 Å². The third-order valence-corrected chi connectivity index (χ3v) is 2.20. The molecule has 1 rings (SSSR count). The van der Waals surface area contributed by atoms with Crippen LogP contribution in [0, 0.1) is 0 Å². The molecule has 0 fully saturated rings. The summed E-state index contributed by atoms with van der Waals surface area (Å²) < 4.78 is 10.3. The summed E-state index contributed by atoms with van der Waals surface area (Å²) in [7, 11) is 0. The van der Waals surface area contributed by atoms with Crippen LogP contribution in [0.1, 0.15) is 5.56 Å². The molecule has 1 aromatic carbocycles. The fourth-order valence-electron chi connectivity index (χ4n) is 1.32. The molecule has 5 nitrogen and oxygen atoms in total. The molecule has 5 heteroatoms. The zero-order chi connectivity index (χ0) is 13.1. The smallest absolute Gasteiger partial charge is 0.246 e. The molecule has 0 unspecified atom stereocenters. The SMILES string of the molecule is NCCOCCOCC(=O)NCc1ccccc1. The lowest BCUT2D eigenvalue weighted by molar-refractivity contribution is -0.126. The van der Waals surface area contributed by atoms with Crippen LogP contribution in [0.3, 0.4) is 0 Å². The van der Waals surface area contributed by atoms with Crippen molar-refractivity contribution < 1.29 is 14.3 Å². The summed E-state index contributed by atoms with van der Waals surface area (Å²) in [5.41, 5.74) is 6.32. The van der Waals surface area contributed by atoms with Crippen molar-refractivity contribution in [3.05, 3.63) is 35.9 Å². The van der Waals surface area contributed by atoms with E-state index in [1.54, 1.807) is 0 Å². The monoisotopic (exact) mass is 252 g/mol. The van der Waals surface area contributed by atoms with E-state index in [0.717, 1.165) is 5.56 Å². The third kappa shape index (κ3) is 7.01. The maximum Gasteiger partial charge on any atom is 0.246 e. The Hall–Kier alpha value is -1.43. The first-order valence-electron chi connectivity index (χ1n) is 5.99.